The van der Waals surface area contributed by atoms with Crippen molar-refractivity contribution in [2.45, 2.75) is 6.04 Å². The summed E-state index contributed by atoms with van der Waals surface area (Å²) < 4.78 is 11.0. The van der Waals surface area contributed by atoms with Crippen LogP contribution in [0.2, 0.25) is 0 Å². The number of aromatic hydroxyl groups is 2. The first-order valence-electron chi connectivity index (χ1n) is 8.45. The molecule has 11 nitrogen and oxygen atoms in total. The Balaban J connectivity index is 2.04. The summed E-state index contributed by atoms with van der Waals surface area (Å²) in [6, 6.07) is 5.15. The number of carbonyl (C=O) groups is 2. The molecule has 0 aliphatic heterocycles. The summed E-state index contributed by atoms with van der Waals surface area (Å²) in [7, 11) is 0. The quantitative estimate of drug-likeness (QED) is 0.307. The number of nitrogens with zero attached hydrogens (tertiary/aromatic N) is 1. The number of hydrogen-bond acceptors (Lipinski definition) is 9. The normalized spacial score (nSPS) is 11.9. The van der Waals surface area contributed by atoms with Gasteiger partial charge in [-0.25, -0.2) is 4.79 Å². The van der Waals surface area contributed by atoms with Crippen LogP contribution in [-0.2, 0) is 0 Å². The number of rotatable bonds is 7. The summed E-state index contributed by atoms with van der Waals surface area (Å²) in [5, 5.41) is 22.0. The second kappa shape index (κ2) is 8.04. The fourth-order valence-electron chi connectivity index (χ4n) is 2.54. The van der Waals surface area contributed by atoms with E-state index in [2.05, 4.69) is 10.3 Å². The van der Waals surface area contributed by atoms with E-state index in [0.717, 1.165) is 6.07 Å². The number of aromatic nitrogens is 1. The lowest BCUT2D eigenvalue weighted by Gasteiger charge is -2.09. The molecule has 2 aromatic heterocycles. The van der Waals surface area contributed by atoms with Gasteiger partial charge in [0, 0.05) is 18.7 Å². The maximum atomic E-state index is 12.9. The molecule has 0 fully saturated rings. The van der Waals surface area contributed by atoms with Crippen molar-refractivity contribution in [3.8, 4) is 17.4 Å². The number of hydrogen-bond donors (Lipinski definition) is 6. The highest BCUT2D eigenvalue weighted by atomic mass is 16.5. The molecule has 9 N–H and O–H groups in total. The van der Waals surface area contributed by atoms with Crippen LogP contribution in [0.1, 0.15) is 16.1 Å². The van der Waals surface area contributed by atoms with Gasteiger partial charge in [0.15, 0.2) is 0 Å². The number of phenolic OH excluding ortho intramolecular Hbond substituents is 2. The number of benzene rings is 1. The van der Waals surface area contributed by atoms with Crippen LogP contribution in [0.3, 0.4) is 0 Å². The summed E-state index contributed by atoms with van der Waals surface area (Å²) >= 11 is 0. The third-order valence-electron chi connectivity index (χ3n) is 3.96. The van der Waals surface area contributed by atoms with E-state index in [1.807, 2.05) is 0 Å². The lowest BCUT2D eigenvalue weighted by atomic mass is 10.1. The molecule has 0 saturated heterocycles. The Hall–Kier alpha value is -3.83. The summed E-state index contributed by atoms with van der Waals surface area (Å²) in [5.41, 5.74) is 16.2. The molecule has 0 bridgehead atoms. The van der Waals surface area contributed by atoms with E-state index < -0.39 is 17.6 Å². The number of ether oxygens (including phenoxy) is 1. The van der Waals surface area contributed by atoms with Crippen molar-refractivity contribution < 1.29 is 29.0 Å². The first kappa shape index (κ1) is 19.9. The highest BCUT2D eigenvalue weighted by molar-refractivity contribution is 6.17. The Morgan fingerprint density at radius 3 is 2.66 bits per heavy atom. The third kappa shape index (κ3) is 4.20. The van der Waals surface area contributed by atoms with Gasteiger partial charge in [0.2, 0.25) is 23.1 Å². The smallest absolute Gasteiger partial charge is 0.316 e. The van der Waals surface area contributed by atoms with Crippen molar-refractivity contribution in [1.29, 1.82) is 0 Å². The van der Waals surface area contributed by atoms with E-state index in [9.17, 15) is 19.8 Å². The molecular weight excluding hydrogens is 382 g/mol. The van der Waals surface area contributed by atoms with Crippen LogP contribution in [0.5, 0.6) is 17.4 Å². The zero-order chi connectivity index (χ0) is 21.1. The maximum Gasteiger partial charge on any atom is 0.316 e. The predicted octanol–water partition coefficient (Wildman–Crippen LogP) is 0.625. The molecule has 0 aliphatic rings. The fourth-order valence-corrected chi connectivity index (χ4v) is 2.54. The van der Waals surface area contributed by atoms with Crippen LogP contribution in [0.15, 0.2) is 34.7 Å². The zero-order valence-corrected chi connectivity index (χ0v) is 15.1. The number of anilines is 1. The molecule has 1 atom stereocenters. The SMILES string of the molecule is NCC(N)COc1ccc2c(NC(N)=O)c(C(=O)c3ccc(O)cc3O)oc2n1. The topological polar surface area (TPSA) is 200 Å². The molecule has 0 radical (unpaired) electrons. The van der Waals surface area contributed by atoms with Gasteiger partial charge >= 0.3 is 6.03 Å². The fraction of sp³-hybridized carbons (Fsp3) is 0.167. The Morgan fingerprint density at radius 2 is 2.00 bits per heavy atom. The zero-order valence-electron chi connectivity index (χ0n) is 15.1. The number of urea groups is 1. The monoisotopic (exact) mass is 401 g/mol. The minimum absolute atomic E-state index is 0.00538. The summed E-state index contributed by atoms with van der Waals surface area (Å²) in [5.74, 6) is -1.57. The van der Waals surface area contributed by atoms with Gasteiger partial charge in [-0.15, -0.1) is 0 Å². The molecule has 1 unspecified atom stereocenters. The second-order valence-corrected chi connectivity index (χ2v) is 6.14. The van der Waals surface area contributed by atoms with E-state index in [1.165, 1.54) is 24.3 Å². The van der Waals surface area contributed by atoms with E-state index in [-0.39, 0.29) is 53.5 Å². The lowest BCUT2D eigenvalue weighted by molar-refractivity contribution is 0.101. The minimum Gasteiger partial charge on any atom is -0.508 e. The molecule has 0 aliphatic carbocycles. The van der Waals surface area contributed by atoms with Crippen molar-refractivity contribution in [3.05, 3.63) is 41.7 Å². The highest BCUT2D eigenvalue weighted by Crippen LogP contribution is 2.34. The minimum atomic E-state index is -0.925. The van der Waals surface area contributed by atoms with Crippen LogP contribution >= 0.6 is 0 Å². The molecule has 11 heteroatoms. The Kier molecular flexibility index (Phi) is 5.52. The summed E-state index contributed by atoms with van der Waals surface area (Å²) in [6.07, 6.45) is 0. The molecule has 152 valence electrons. The van der Waals surface area contributed by atoms with Gasteiger partial charge in [-0.05, 0) is 18.2 Å². The molecular formula is C18H19N5O6. The van der Waals surface area contributed by atoms with Crippen LogP contribution in [-0.4, -0.2) is 46.2 Å². The molecule has 29 heavy (non-hydrogen) atoms. The van der Waals surface area contributed by atoms with Gasteiger partial charge in [-0.2, -0.15) is 4.98 Å². The number of pyridine rings is 1. The van der Waals surface area contributed by atoms with E-state index in [1.54, 1.807) is 0 Å². The lowest BCUT2D eigenvalue weighted by Crippen LogP contribution is -2.35. The number of amides is 2. The maximum absolute atomic E-state index is 12.9. The molecule has 3 rings (SSSR count). The van der Waals surface area contributed by atoms with E-state index >= 15 is 0 Å². The van der Waals surface area contributed by atoms with E-state index in [0.29, 0.717) is 5.39 Å². The number of ketones is 1. The molecule has 3 aromatic rings. The number of furan rings is 1. The van der Waals surface area contributed by atoms with Gasteiger partial charge in [-0.3, -0.25) is 4.79 Å². The van der Waals surface area contributed by atoms with Gasteiger partial charge in [0.25, 0.3) is 0 Å². The van der Waals surface area contributed by atoms with Crippen molar-refractivity contribution in [3.63, 3.8) is 0 Å². The first-order chi connectivity index (χ1) is 13.8. The highest BCUT2D eigenvalue weighted by Gasteiger charge is 2.26. The molecule has 0 spiro atoms. The largest absolute Gasteiger partial charge is 0.508 e. The number of carbonyl (C=O) groups excluding carboxylic acids is 2. The summed E-state index contributed by atoms with van der Waals surface area (Å²) in [6.45, 7) is 0.347. The van der Waals surface area contributed by atoms with Crippen molar-refractivity contribution >= 4 is 28.6 Å². The average molecular weight is 401 g/mol. The van der Waals surface area contributed by atoms with Gasteiger partial charge < -0.3 is 41.9 Å². The second-order valence-electron chi connectivity index (χ2n) is 6.14. The number of primary amides is 1. The van der Waals surface area contributed by atoms with Crippen LogP contribution in [0, 0.1) is 0 Å². The van der Waals surface area contributed by atoms with Crippen LogP contribution in [0.4, 0.5) is 10.5 Å². The van der Waals surface area contributed by atoms with Crippen LogP contribution in [0.25, 0.3) is 11.1 Å². The Bertz CT molecular complexity index is 1080. The van der Waals surface area contributed by atoms with Gasteiger partial charge in [0.05, 0.1) is 17.0 Å². The Labute approximate surface area is 164 Å². The number of nitrogens with one attached hydrogen (secondary N) is 1. The van der Waals surface area contributed by atoms with Crippen molar-refractivity contribution in [2.24, 2.45) is 17.2 Å². The van der Waals surface area contributed by atoms with Crippen molar-refractivity contribution in [2.75, 3.05) is 18.5 Å². The number of fused-ring (bicyclic) bond motifs is 1. The predicted molar refractivity (Wildman–Crippen MR) is 103 cm³/mol. The Morgan fingerprint density at radius 1 is 1.24 bits per heavy atom. The van der Waals surface area contributed by atoms with Gasteiger partial charge in [0.1, 0.15) is 23.8 Å². The van der Waals surface area contributed by atoms with Crippen molar-refractivity contribution in [1.82, 2.24) is 4.98 Å². The summed E-state index contributed by atoms with van der Waals surface area (Å²) in [4.78, 5) is 28.4. The molecule has 2 amide bonds. The van der Waals surface area contributed by atoms with Gasteiger partial charge in [-0.1, -0.05) is 0 Å². The van der Waals surface area contributed by atoms with E-state index in [4.69, 9.17) is 26.4 Å². The molecule has 1 aromatic carbocycles. The van der Waals surface area contributed by atoms with Crippen LogP contribution < -0.4 is 27.3 Å². The number of nitrogens with two attached hydrogens (primary N) is 3. The molecule has 0 saturated carbocycles. The average Bonchev–Trinajstić information content (AvgIpc) is 3.02. The number of phenols is 2. The first-order valence-corrected chi connectivity index (χ1v) is 8.45. The third-order valence-corrected chi connectivity index (χ3v) is 3.96. The standard InChI is InChI=1S/C18H19N5O6/c19-6-8(20)7-28-13-4-3-11-14(23-18(21)27)16(29-17(11)22-13)15(26)10-2-1-9(24)5-12(10)25/h1-5,8,24-25H,6-7,19-20H2,(H3,21,23,27). The molecule has 2 heterocycles.